The minimum absolute atomic E-state index is 0.135. The molecule has 24 heavy (non-hydrogen) atoms. The molecule has 0 spiro atoms. The molecule has 1 heterocycles. The van der Waals surface area contributed by atoms with Crippen molar-refractivity contribution in [3.05, 3.63) is 59.1 Å². The number of fused-ring (bicyclic) bond motifs is 1. The number of hydrogen-bond acceptors (Lipinski definition) is 3. The highest BCUT2D eigenvalue weighted by Crippen LogP contribution is 2.36. The maximum Gasteiger partial charge on any atom is 0.238 e. The van der Waals surface area contributed by atoms with E-state index < -0.39 is 5.25 Å². The van der Waals surface area contributed by atoms with E-state index in [1.165, 1.54) is 11.8 Å². The van der Waals surface area contributed by atoms with Crippen molar-refractivity contribution in [1.82, 2.24) is 5.32 Å². The summed E-state index contributed by atoms with van der Waals surface area (Å²) < 4.78 is 0. The number of thioether (sulfide) groups is 1. The van der Waals surface area contributed by atoms with Gasteiger partial charge in [0.1, 0.15) is 0 Å². The molecule has 0 aliphatic carbocycles. The van der Waals surface area contributed by atoms with Crippen LogP contribution < -0.4 is 10.6 Å². The second kappa shape index (κ2) is 7.28. The molecule has 0 fully saturated rings. The van der Waals surface area contributed by atoms with E-state index in [0.717, 1.165) is 16.1 Å². The first-order valence-corrected chi connectivity index (χ1v) is 8.90. The summed E-state index contributed by atoms with van der Waals surface area (Å²) in [5.41, 5.74) is 1.73. The Hall–Kier alpha value is -1.98. The van der Waals surface area contributed by atoms with Gasteiger partial charge in [0.15, 0.2) is 0 Å². The molecule has 2 aromatic rings. The lowest BCUT2D eigenvalue weighted by molar-refractivity contribution is -0.124. The van der Waals surface area contributed by atoms with Gasteiger partial charge in [-0.05, 0) is 36.8 Å². The maximum atomic E-state index is 12.3. The van der Waals surface area contributed by atoms with Crippen LogP contribution >= 0.6 is 23.4 Å². The monoisotopic (exact) mass is 360 g/mol. The molecule has 0 saturated carbocycles. The lowest BCUT2D eigenvalue weighted by Crippen LogP contribution is -2.35. The van der Waals surface area contributed by atoms with Gasteiger partial charge in [0.05, 0.1) is 17.0 Å². The highest BCUT2D eigenvalue weighted by atomic mass is 35.5. The summed E-state index contributed by atoms with van der Waals surface area (Å²) >= 11 is 7.40. The van der Waals surface area contributed by atoms with E-state index in [2.05, 4.69) is 10.6 Å². The summed E-state index contributed by atoms with van der Waals surface area (Å²) in [4.78, 5) is 25.4. The summed E-state index contributed by atoms with van der Waals surface area (Å²) in [5.74, 6) is -0.293. The minimum Gasteiger partial charge on any atom is -0.350 e. The van der Waals surface area contributed by atoms with Crippen molar-refractivity contribution in [3.8, 4) is 0 Å². The van der Waals surface area contributed by atoms with Gasteiger partial charge in [-0.25, -0.2) is 0 Å². The zero-order chi connectivity index (χ0) is 17.1. The molecule has 0 bridgehead atoms. The minimum atomic E-state index is -0.425. The van der Waals surface area contributed by atoms with Crippen molar-refractivity contribution in [2.75, 3.05) is 5.32 Å². The van der Waals surface area contributed by atoms with Crippen LogP contribution in [0, 0.1) is 0 Å². The summed E-state index contributed by atoms with van der Waals surface area (Å²) in [6.07, 6.45) is 0.135. The van der Waals surface area contributed by atoms with E-state index in [4.69, 9.17) is 11.6 Å². The third kappa shape index (κ3) is 3.91. The molecule has 6 heteroatoms. The number of para-hydroxylation sites is 1. The molecule has 0 saturated heterocycles. The molecule has 4 nitrogen and oxygen atoms in total. The largest absolute Gasteiger partial charge is 0.350 e. The van der Waals surface area contributed by atoms with E-state index in [0.29, 0.717) is 5.02 Å². The number of halogens is 1. The molecule has 0 unspecified atom stereocenters. The van der Waals surface area contributed by atoms with Crippen LogP contribution in [0.4, 0.5) is 5.69 Å². The Morgan fingerprint density at radius 3 is 2.88 bits per heavy atom. The summed E-state index contributed by atoms with van der Waals surface area (Å²) in [7, 11) is 0. The van der Waals surface area contributed by atoms with Crippen molar-refractivity contribution in [3.63, 3.8) is 0 Å². The fourth-order valence-corrected chi connectivity index (χ4v) is 3.86. The van der Waals surface area contributed by atoms with Crippen molar-refractivity contribution >= 4 is 40.9 Å². The Labute approximate surface area is 150 Å². The average Bonchev–Trinajstić information content (AvgIpc) is 2.55. The van der Waals surface area contributed by atoms with Crippen molar-refractivity contribution in [2.24, 2.45) is 0 Å². The molecule has 1 aliphatic rings. The van der Waals surface area contributed by atoms with Crippen molar-refractivity contribution in [1.29, 1.82) is 0 Å². The van der Waals surface area contributed by atoms with E-state index in [-0.39, 0.29) is 24.3 Å². The third-order valence-corrected chi connectivity index (χ3v) is 5.31. The van der Waals surface area contributed by atoms with Crippen molar-refractivity contribution < 1.29 is 9.59 Å². The topological polar surface area (TPSA) is 58.2 Å². The Morgan fingerprint density at radius 1 is 1.29 bits per heavy atom. The first-order valence-electron chi connectivity index (χ1n) is 7.64. The van der Waals surface area contributed by atoms with E-state index in [1.54, 1.807) is 6.07 Å². The summed E-state index contributed by atoms with van der Waals surface area (Å²) in [5, 5.41) is 5.98. The Balaban J connectivity index is 1.62. The van der Waals surface area contributed by atoms with Gasteiger partial charge in [0.2, 0.25) is 11.8 Å². The first-order chi connectivity index (χ1) is 11.5. The predicted molar refractivity (Wildman–Crippen MR) is 97.3 cm³/mol. The van der Waals surface area contributed by atoms with Gasteiger partial charge in [-0.3, -0.25) is 9.59 Å². The van der Waals surface area contributed by atoms with Crippen LogP contribution in [0.2, 0.25) is 5.02 Å². The van der Waals surface area contributed by atoms with Gasteiger partial charge >= 0.3 is 0 Å². The van der Waals surface area contributed by atoms with Crippen LogP contribution in [0.3, 0.4) is 0 Å². The third-order valence-electron chi connectivity index (χ3n) is 3.80. The second-order valence-electron chi connectivity index (χ2n) is 5.64. The standard InChI is InChI=1S/C18H17ClN2O2S/c1-11(12-5-4-6-13(19)9-12)20-17(22)10-16-18(23)21-14-7-2-3-8-15(14)24-16/h2-9,11,16H,10H2,1H3,(H,20,22)(H,21,23)/t11-,16-/m1/s1. The number of hydrogen-bond donors (Lipinski definition) is 2. The number of anilines is 1. The molecule has 124 valence electrons. The second-order valence-corrected chi connectivity index (χ2v) is 7.32. The molecule has 2 aromatic carbocycles. The van der Waals surface area contributed by atoms with Gasteiger partial charge in [-0.1, -0.05) is 35.9 Å². The van der Waals surface area contributed by atoms with Crippen LogP contribution in [-0.2, 0) is 9.59 Å². The molecular formula is C18H17ClN2O2S. The maximum absolute atomic E-state index is 12.3. The lowest BCUT2D eigenvalue weighted by Gasteiger charge is -2.24. The molecule has 1 aliphatic heterocycles. The van der Waals surface area contributed by atoms with Crippen LogP contribution in [-0.4, -0.2) is 17.1 Å². The van der Waals surface area contributed by atoms with Crippen LogP contribution in [0.5, 0.6) is 0 Å². The quantitative estimate of drug-likeness (QED) is 0.865. The highest BCUT2D eigenvalue weighted by Gasteiger charge is 2.29. The van der Waals surface area contributed by atoms with E-state index in [1.807, 2.05) is 49.4 Å². The lowest BCUT2D eigenvalue weighted by atomic mass is 10.1. The summed E-state index contributed by atoms with van der Waals surface area (Å²) in [6.45, 7) is 1.90. The summed E-state index contributed by atoms with van der Waals surface area (Å²) in [6, 6.07) is 14.8. The average molecular weight is 361 g/mol. The number of benzene rings is 2. The van der Waals surface area contributed by atoms with Crippen LogP contribution in [0.25, 0.3) is 0 Å². The number of amides is 2. The Bertz CT molecular complexity index is 781. The molecular weight excluding hydrogens is 344 g/mol. The normalized spacial score (nSPS) is 17.6. The smallest absolute Gasteiger partial charge is 0.238 e. The molecule has 2 atom stereocenters. The zero-order valence-corrected chi connectivity index (χ0v) is 14.7. The SMILES string of the molecule is C[C@@H](NC(=O)C[C@H]1Sc2ccccc2NC1=O)c1cccc(Cl)c1. The van der Waals surface area contributed by atoms with Crippen LogP contribution in [0.1, 0.15) is 24.9 Å². The van der Waals surface area contributed by atoms with Crippen LogP contribution in [0.15, 0.2) is 53.4 Å². The molecule has 3 rings (SSSR count). The van der Waals surface area contributed by atoms with Gasteiger partial charge in [-0.15, -0.1) is 11.8 Å². The fraction of sp³-hybridized carbons (Fsp3) is 0.222. The highest BCUT2D eigenvalue weighted by molar-refractivity contribution is 8.01. The van der Waals surface area contributed by atoms with Gasteiger partial charge < -0.3 is 10.6 Å². The zero-order valence-electron chi connectivity index (χ0n) is 13.1. The van der Waals surface area contributed by atoms with E-state index >= 15 is 0 Å². The van der Waals surface area contributed by atoms with Gasteiger partial charge in [0.25, 0.3) is 0 Å². The van der Waals surface area contributed by atoms with E-state index in [9.17, 15) is 9.59 Å². The Morgan fingerprint density at radius 2 is 2.08 bits per heavy atom. The fourth-order valence-electron chi connectivity index (χ4n) is 2.56. The number of carbonyl (C=O) groups excluding carboxylic acids is 2. The molecule has 0 aromatic heterocycles. The first kappa shape index (κ1) is 16.9. The number of nitrogens with one attached hydrogen (secondary N) is 2. The predicted octanol–water partition coefficient (Wildman–Crippen LogP) is 4.02. The van der Waals surface area contributed by atoms with Gasteiger partial charge in [0, 0.05) is 16.3 Å². The molecule has 2 N–H and O–H groups in total. The Kier molecular flexibility index (Phi) is 5.11. The van der Waals surface area contributed by atoms with Crippen molar-refractivity contribution in [2.45, 2.75) is 29.5 Å². The number of rotatable bonds is 4. The molecule has 2 amide bonds. The van der Waals surface area contributed by atoms with Gasteiger partial charge in [-0.2, -0.15) is 0 Å². The number of carbonyl (C=O) groups is 2. The molecule has 0 radical (unpaired) electrons.